The van der Waals surface area contributed by atoms with E-state index in [2.05, 4.69) is 5.32 Å². The van der Waals surface area contributed by atoms with E-state index in [4.69, 9.17) is 5.11 Å². The first kappa shape index (κ1) is 15.4. The maximum absolute atomic E-state index is 12.3. The van der Waals surface area contributed by atoms with Gasteiger partial charge in [-0.1, -0.05) is 18.2 Å². The van der Waals surface area contributed by atoms with Crippen molar-refractivity contribution in [2.75, 3.05) is 32.0 Å². The van der Waals surface area contributed by atoms with Gasteiger partial charge in [0, 0.05) is 24.0 Å². The summed E-state index contributed by atoms with van der Waals surface area (Å²) in [5.41, 5.74) is 0. The van der Waals surface area contributed by atoms with Crippen LogP contribution >= 0.6 is 11.8 Å². The third-order valence-electron chi connectivity index (χ3n) is 3.43. The molecule has 1 amide bonds. The highest BCUT2D eigenvalue weighted by atomic mass is 32.2. The fraction of sp³-hybridized carbons (Fsp3) is 0.533. The maximum Gasteiger partial charge on any atom is 0.233 e. The molecule has 0 radical (unpaired) electrons. The zero-order valence-electron chi connectivity index (χ0n) is 11.6. The molecule has 0 bridgehead atoms. The largest absolute Gasteiger partial charge is 0.395 e. The fourth-order valence-corrected chi connectivity index (χ4v) is 3.19. The zero-order chi connectivity index (χ0) is 14.2. The number of nitrogens with zero attached hydrogens (tertiary/aromatic N) is 1. The number of nitrogens with one attached hydrogen (secondary N) is 1. The van der Waals surface area contributed by atoms with Gasteiger partial charge in [0.1, 0.15) is 0 Å². The Morgan fingerprint density at radius 1 is 1.40 bits per heavy atom. The van der Waals surface area contributed by atoms with Crippen LogP contribution in [0.3, 0.4) is 0 Å². The Hall–Kier alpha value is -1.04. The summed E-state index contributed by atoms with van der Waals surface area (Å²) in [7, 11) is 0. The number of rotatable bonds is 7. The van der Waals surface area contributed by atoms with E-state index in [1.807, 2.05) is 30.3 Å². The molecule has 1 heterocycles. The lowest BCUT2D eigenvalue weighted by Gasteiger charge is -2.25. The minimum absolute atomic E-state index is 0.0223. The van der Waals surface area contributed by atoms with Gasteiger partial charge >= 0.3 is 0 Å². The van der Waals surface area contributed by atoms with Crippen LogP contribution in [0.5, 0.6) is 0 Å². The zero-order valence-corrected chi connectivity index (χ0v) is 12.4. The number of thioether (sulfide) groups is 1. The van der Waals surface area contributed by atoms with Crippen molar-refractivity contribution < 1.29 is 9.90 Å². The Morgan fingerprint density at radius 2 is 2.20 bits per heavy atom. The van der Waals surface area contributed by atoms with Gasteiger partial charge in [0.05, 0.1) is 12.4 Å². The highest BCUT2D eigenvalue weighted by Gasteiger charge is 2.21. The van der Waals surface area contributed by atoms with Crippen LogP contribution in [-0.4, -0.2) is 53.9 Å². The van der Waals surface area contributed by atoms with Gasteiger partial charge in [0.2, 0.25) is 5.91 Å². The normalized spacial score (nSPS) is 18.1. The standard InChI is InChI=1S/C15H22N2O2S/c18-10-9-17(11-13-5-4-8-16-13)15(19)12-20-14-6-2-1-3-7-14/h1-3,6-7,13,16,18H,4-5,8-12H2. The van der Waals surface area contributed by atoms with Crippen molar-refractivity contribution in [3.63, 3.8) is 0 Å². The summed E-state index contributed by atoms with van der Waals surface area (Å²) in [6, 6.07) is 10.3. The molecular formula is C15H22N2O2S. The van der Waals surface area contributed by atoms with Gasteiger partial charge in [0.25, 0.3) is 0 Å². The molecule has 1 unspecified atom stereocenters. The molecular weight excluding hydrogens is 272 g/mol. The maximum atomic E-state index is 12.3. The van der Waals surface area contributed by atoms with Crippen LogP contribution in [0.4, 0.5) is 0 Å². The first-order valence-corrected chi connectivity index (χ1v) is 8.08. The molecule has 5 heteroatoms. The van der Waals surface area contributed by atoms with E-state index in [-0.39, 0.29) is 12.5 Å². The molecule has 4 nitrogen and oxygen atoms in total. The molecule has 1 aromatic rings. The molecule has 2 rings (SSSR count). The summed E-state index contributed by atoms with van der Waals surface area (Å²) >= 11 is 1.55. The summed E-state index contributed by atoms with van der Waals surface area (Å²) in [5, 5.41) is 12.5. The average Bonchev–Trinajstić information content (AvgIpc) is 2.98. The molecule has 1 aromatic carbocycles. The van der Waals surface area contributed by atoms with E-state index in [0.717, 1.165) is 17.9 Å². The Labute approximate surface area is 124 Å². The van der Waals surface area contributed by atoms with Crippen LogP contribution in [0.15, 0.2) is 35.2 Å². The lowest BCUT2D eigenvalue weighted by Crippen LogP contribution is -2.43. The summed E-state index contributed by atoms with van der Waals surface area (Å²) in [6.45, 7) is 2.18. The van der Waals surface area contributed by atoms with E-state index < -0.39 is 0 Å². The van der Waals surface area contributed by atoms with Crippen LogP contribution in [-0.2, 0) is 4.79 Å². The highest BCUT2D eigenvalue weighted by Crippen LogP contribution is 2.17. The fourth-order valence-electron chi connectivity index (χ4n) is 2.37. The summed E-state index contributed by atoms with van der Waals surface area (Å²) in [6.07, 6.45) is 2.28. The molecule has 1 saturated heterocycles. The number of amides is 1. The monoisotopic (exact) mass is 294 g/mol. The number of carbonyl (C=O) groups is 1. The molecule has 1 aliphatic heterocycles. The van der Waals surface area contributed by atoms with Crippen molar-refractivity contribution in [1.29, 1.82) is 0 Å². The molecule has 2 N–H and O–H groups in total. The van der Waals surface area contributed by atoms with Gasteiger partial charge in [-0.3, -0.25) is 4.79 Å². The van der Waals surface area contributed by atoms with Crippen molar-refractivity contribution in [1.82, 2.24) is 10.2 Å². The third-order valence-corrected chi connectivity index (χ3v) is 4.43. The smallest absolute Gasteiger partial charge is 0.233 e. The molecule has 0 saturated carbocycles. The van der Waals surface area contributed by atoms with Crippen LogP contribution in [0.2, 0.25) is 0 Å². The number of hydrogen-bond acceptors (Lipinski definition) is 4. The second kappa shape index (κ2) is 8.29. The van der Waals surface area contributed by atoms with Crippen molar-refractivity contribution in [2.45, 2.75) is 23.8 Å². The van der Waals surface area contributed by atoms with E-state index in [1.165, 1.54) is 6.42 Å². The van der Waals surface area contributed by atoms with Gasteiger partial charge in [-0.15, -0.1) is 11.8 Å². The molecule has 110 valence electrons. The predicted octanol–water partition coefficient (Wildman–Crippen LogP) is 1.35. The third kappa shape index (κ3) is 4.81. The van der Waals surface area contributed by atoms with Gasteiger partial charge in [-0.2, -0.15) is 0 Å². The average molecular weight is 294 g/mol. The predicted molar refractivity (Wildman–Crippen MR) is 81.9 cm³/mol. The van der Waals surface area contributed by atoms with Crippen LogP contribution in [0.1, 0.15) is 12.8 Å². The van der Waals surface area contributed by atoms with E-state index in [1.54, 1.807) is 16.7 Å². The van der Waals surface area contributed by atoms with E-state index in [0.29, 0.717) is 24.9 Å². The second-order valence-electron chi connectivity index (χ2n) is 4.96. The van der Waals surface area contributed by atoms with Crippen molar-refractivity contribution in [3.8, 4) is 0 Å². The molecule has 20 heavy (non-hydrogen) atoms. The number of carbonyl (C=O) groups excluding carboxylic acids is 1. The Balaban J connectivity index is 1.82. The molecule has 1 aliphatic rings. The van der Waals surface area contributed by atoms with Gasteiger partial charge < -0.3 is 15.3 Å². The molecule has 1 fully saturated rings. The summed E-state index contributed by atoms with van der Waals surface area (Å²) < 4.78 is 0. The molecule has 0 aliphatic carbocycles. The van der Waals surface area contributed by atoms with E-state index >= 15 is 0 Å². The Morgan fingerprint density at radius 3 is 2.85 bits per heavy atom. The minimum atomic E-state index is 0.0223. The molecule has 1 atom stereocenters. The number of benzene rings is 1. The SMILES string of the molecule is O=C(CSc1ccccc1)N(CCO)CC1CCCN1. The highest BCUT2D eigenvalue weighted by molar-refractivity contribution is 8.00. The lowest BCUT2D eigenvalue weighted by molar-refractivity contribution is -0.129. The van der Waals surface area contributed by atoms with Crippen molar-refractivity contribution in [3.05, 3.63) is 30.3 Å². The van der Waals surface area contributed by atoms with E-state index in [9.17, 15) is 4.79 Å². The van der Waals surface area contributed by atoms with Crippen LogP contribution in [0.25, 0.3) is 0 Å². The molecule has 0 spiro atoms. The summed E-state index contributed by atoms with van der Waals surface area (Å²) in [5.74, 6) is 0.526. The van der Waals surface area contributed by atoms with Gasteiger partial charge in [-0.05, 0) is 31.5 Å². The number of aliphatic hydroxyl groups excluding tert-OH is 1. The lowest BCUT2D eigenvalue weighted by atomic mass is 10.2. The number of aliphatic hydroxyl groups is 1. The minimum Gasteiger partial charge on any atom is -0.395 e. The van der Waals surface area contributed by atoms with Crippen LogP contribution in [0, 0.1) is 0 Å². The van der Waals surface area contributed by atoms with Crippen LogP contribution < -0.4 is 5.32 Å². The van der Waals surface area contributed by atoms with Gasteiger partial charge in [0.15, 0.2) is 0 Å². The summed E-state index contributed by atoms with van der Waals surface area (Å²) in [4.78, 5) is 15.1. The first-order valence-electron chi connectivity index (χ1n) is 7.09. The second-order valence-corrected chi connectivity index (χ2v) is 6.01. The number of hydrogen-bond donors (Lipinski definition) is 2. The molecule has 0 aromatic heterocycles. The van der Waals surface area contributed by atoms with Crippen molar-refractivity contribution >= 4 is 17.7 Å². The quantitative estimate of drug-likeness (QED) is 0.746. The Kier molecular flexibility index (Phi) is 6.36. The van der Waals surface area contributed by atoms with Crippen molar-refractivity contribution in [2.24, 2.45) is 0 Å². The first-order chi connectivity index (χ1) is 9.79. The topological polar surface area (TPSA) is 52.6 Å². The Bertz CT molecular complexity index is 408. The van der Waals surface area contributed by atoms with Gasteiger partial charge in [-0.25, -0.2) is 0 Å².